The lowest BCUT2D eigenvalue weighted by molar-refractivity contribution is -0.137. The van der Waals surface area contributed by atoms with Crippen molar-refractivity contribution in [1.29, 1.82) is 0 Å². The van der Waals surface area contributed by atoms with Gasteiger partial charge in [-0.3, -0.25) is 4.79 Å². The van der Waals surface area contributed by atoms with Gasteiger partial charge >= 0.3 is 5.97 Å². The molecule has 1 N–H and O–H groups in total. The van der Waals surface area contributed by atoms with E-state index in [2.05, 4.69) is 4.98 Å². The van der Waals surface area contributed by atoms with Crippen LogP contribution in [0.25, 0.3) is 11.0 Å². The van der Waals surface area contributed by atoms with E-state index in [1.54, 1.807) is 4.57 Å². The number of aliphatic carboxylic acids is 1. The van der Waals surface area contributed by atoms with Crippen LogP contribution in [0.15, 0.2) is 48.5 Å². The van der Waals surface area contributed by atoms with Gasteiger partial charge in [0.1, 0.15) is 12.4 Å². The van der Waals surface area contributed by atoms with Gasteiger partial charge in [-0.05, 0) is 29.8 Å². The number of aromatic nitrogens is 2. The Bertz CT molecular complexity index is 794. The van der Waals surface area contributed by atoms with Crippen molar-refractivity contribution >= 4 is 28.6 Å². The Morgan fingerprint density at radius 2 is 1.86 bits per heavy atom. The van der Waals surface area contributed by atoms with Crippen LogP contribution in [0.3, 0.4) is 0 Å². The first-order valence-corrected chi connectivity index (χ1v) is 6.91. The molecule has 0 saturated heterocycles. The molecule has 3 aromatic rings. The molecule has 0 fully saturated rings. The summed E-state index contributed by atoms with van der Waals surface area (Å²) in [5.74, 6) is -0.142. The maximum Gasteiger partial charge on any atom is 0.323 e. The lowest BCUT2D eigenvalue weighted by Gasteiger charge is -2.06. The largest absolute Gasteiger partial charge is 0.480 e. The molecule has 5 heteroatoms. The van der Waals surface area contributed by atoms with Crippen molar-refractivity contribution in [2.45, 2.75) is 13.0 Å². The molecule has 1 heterocycles. The number of benzene rings is 2. The zero-order valence-electron chi connectivity index (χ0n) is 11.2. The maximum absolute atomic E-state index is 11.1. The Labute approximate surface area is 126 Å². The maximum atomic E-state index is 11.1. The first kappa shape index (κ1) is 13.6. The minimum atomic E-state index is -0.879. The third-order valence-electron chi connectivity index (χ3n) is 3.30. The van der Waals surface area contributed by atoms with E-state index in [4.69, 9.17) is 16.7 Å². The second-order valence-electron chi connectivity index (χ2n) is 4.80. The number of carbonyl (C=O) groups is 1. The van der Waals surface area contributed by atoms with Gasteiger partial charge in [-0.1, -0.05) is 35.9 Å². The average Bonchev–Trinajstić information content (AvgIpc) is 2.79. The van der Waals surface area contributed by atoms with Crippen LogP contribution in [0.2, 0.25) is 5.02 Å². The van der Waals surface area contributed by atoms with Crippen LogP contribution < -0.4 is 0 Å². The van der Waals surface area contributed by atoms with Gasteiger partial charge in [0.2, 0.25) is 0 Å². The van der Waals surface area contributed by atoms with E-state index < -0.39 is 5.97 Å². The first-order chi connectivity index (χ1) is 10.1. The van der Waals surface area contributed by atoms with Gasteiger partial charge in [-0.25, -0.2) is 4.98 Å². The average molecular weight is 301 g/mol. The molecule has 0 amide bonds. The number of nitrogens with zero attached hydrogens (tertiary/aromatic N) is 2. The minimum absolute atomic E-state index is 0.0938. The summed E-state index contributed by atoms with van der Waals surface area (Å²) in [5.41, 5.74) is 2.69. The number of imidazole rings is 1. The summed E-state index contributed by atoms with van der Waals surface area (Å²) in [6.07, 6.45) is 0.569. The number of carboxylic acids is 1. The smallest absolute Gasteiger partial charge is 0.323 e. The summed E-state index contributed by atoms with van der Waals surface area (Å²) in [4.78, 5) is 15.6. The third kappa shape index (κ3) is 2.90. The Kier molecular flexibility index (Phi) is 3.62. The fourth-order valence-corrected chi connectivity index (χ4v) is 2.48. The lowest BCUT2D eigenvalue weighted by Crippen LogP contribution is -2.12. The summed E-state index contributed by atoms with van der Waals surface area (Å²) in [5, 5.41) is 9.78. The molecule has 0 unspecified atom stereocenters. The molecule has 4 nitrogen and oxygen atoms in total. The second-order valence-corrected chi connectivity index (χ2v) is 5.24. The summed E-state index contributed by atoms with van der Waals surface area (Å²) in [6.45, 7) is -0.0938. The molecule has 2 aromatic carbocycles. The Hall–Kier alpha value is -2.33. The van der Waals surface area contributed by atoms with Crippen molar-refractivity contribution in [3.05, 3.63) is 64.9 Å². The van der Waals surface area contributed by atoms with Crippen LogP contribution >= 0.6 is 11.6 Å². The van der Waals surface area contributed by atoms with Crippen LogP contribution in [-0.2, 0) is 17.8 Å². The molecule has 0 aliphatic carbocycles. The number of rotatable bonds is 4. The van der Waals surface area contributed by atoms with E-state index in [1.165, 1.54) is 0 Å². The van der Waals surface area contributed by atoms with E-state index >= 15 is 0 Å². The van der Waals surface area contributed by atoms with Crippen molar-refractivity contribution in [3.63, 3.8) is 0 Å². The SMILES string of the molecule is O=C(O)Cn1c(Cc2ccc(Cl)cc2)nc2ccccc21. The predicted molar refractivity (Wildman–Crippen MR) is 81.6 cm³/mol. The molecule has 21 heavy (non-hydrogen) atoms. The molecule has 0 saturated carbocycles. The highest BCUT2D eigenvalue weighted by atomic mass is 35.5. The zero-order valence-corrected chi connectivity index (χ0v) is 11.9. The highest BCUT2D eigenvalue weighted by Crippen LogP contribution is 2.19. The highest BCUT2D eigenvalue weighted by Gasteiger charge is 2.13. The van der Waals surface area contributed by atoms with Gasteiger partial charge in [0.25, 0.3) is 0 Å². The fourth-order valence-electron chi connectivity index (χ4n) is 2.36. The van der Waals surface area contributed by atoms with Gasteiger partial charge in [0, 0.05) is 11.4 Å². The van der Waals surface area contributed by atoms with Crippen molar-refractivity contribution in [1.82, 2.24) is 9.55 Å². The number of fused-ring (bicyclic) bond motifs is 1. The first-order valence-electron chi connectivity index (χ1n) is 6.54. The van der Waals surface area contributed by atoms with Gasteiger partial charge < -0.3 is 9.67 Å². The van der Waals surface area contributed by atoms with Gasteiger partial charge in [-0.2, -0.15) is 0 Å². The molecule has 0 bridgehead atoms. The van der Waals surface area contributed by atoms with Crippen LogP contribution in [0, 0.1) is 0 Å². The van der Waals surface area contributed by atoms with Crippen LogP contribution in [0.1, 0.15) is 11.4 Å². The minimum Gasteiger partial charge on any atom is -0.480 e. The number of hydrogen-bond acceptors (Lipinski definition) is 2. The van der Waals surface area contributed by atoms with Gasteiger partial charge in [0.15, 0.2) is 0 Å². The molecule has 0 aliphatic rings. The van der Waals surface area contributed by atoms with Crippen molar-refractivity contribution in [3.8, 4) is 0 Å². The molecule has 0 radical (unpaired) electrons. The van der Waals surface area contributed by atoms with Crippen LogP contribution in [0.5, 0.6) is 0 Å². The Morgan fingerprint density at radius 3 is 2.57 bits per heavy atom. The topological polar surface area (TPSA) is 55.1 Å². The van der Waals surface area contributed by atoms with E-state index in [0.29, 0.717) is 11.4 Å². The lowest BCUT2D eigenvalue weighted by atomic mass is 10.1. The van der Waals surface area contributed by atoms with Gasteiger partial charge in [0.05, 0.1) is 11.0 Å². The quantitative estimate of drug-likeness (QED) is 0.804. The molecule has 106 valence electrons. The Balaban J connectivity index is 2.04. The van der Waals surface area contributed by atoms with E-state index in [9.17, 15) is 4.79 Å². The molecule has 0 aliphatic heterocycles. The normalized spacial score (nSPS) is 10.9. The summed E-state index contributed by atoms with van der Waals surface area (Å²) in [6, 6.07) is 15.0. The zero-order chi connectivity index (χ0) is 14.8. The van der Waals surface area contributed by atoms with Gasteiger partial charge in [-0.15, -0.1) is 0 Å². The summed E-state index contributed by atoms with van der Waals surface area (Å²) < 4.78 is 1.74. The monoisotopic (exact) mass is 300 g/mol. The van der Waals surface area contributed by atoms with Crippen molar-refractivity contribution in [2.75, 3.05) is 0 Å². The number of carboxylic acid groups (broad SMARTS) is 1. The van der Waals surface area contributed by atoms with Crippen molar-refractivity contribution in [2.24, 2.45) is 0 Å². The number of para-hydroxylation sites is 2. The van der Waals surface area contributed by atoms with Crippen molar-refractivity contribution < 1.29 is 9.90 Å². The summed E-state index contributed by atoms with van der Waals surface area (Å²) >= 11 is 5.88. The standard InChI is InChI=1S/C16H13ClN2O2/c17-12-7-5-11(6-8-12)9-15-18-13-3-1-2-4-14(13)19(15)10-16(20)21/h1-8H,9-10H2,(H,20,21). The highest BCUT2D eigenvalue weighted by molar-refractivity contribution is 6.30. The third-order valence-corrected chi connectivity index (χ3v) is 3.55. The molecule has 1 aromatic heterocycles. The molecular weight excluding hydrogens is 288 g/mol. The second kappa shape index (κ2) is 5.58. The molecule has 0 spiro atoms. The fraction of sp³-hybridized carbons (Fsp3) is 0.125. The number of halogens is 1. The van der Waals surface area contributed by atoms with E-state index in [-0.39, 0.29) is 6.54 Å². The Morgan fingerprint density at radius 1 is 1.14 bits per heavy atom. The summed E-state index contributed by atoms with van der Waals surface area (Å²) in [7, 11) is 0. The predicted octanol–water partition coefficient (Wildman–Crippen LogP) is 3.37. The molecular formula is C16H13ClN2O2. The van der Waals surface area contributed by atoms with Crippen LogP contribution in [-0.4, -0.2) is 20.6 Å². The molecule has 0 atom stereocenters. The van der Waals surface area contributed by atoms with Crippen LogP contribution in [0.4, 0.5) is 0 Å². The van der Waals surface area contributed by atoms with E-state index in [1.807, 2.05) is 48.5 Å². The molecule has 3 rings (SSSR count). The van der Waals surface area contributed by atoms with E-state index in [0.717, 1.165) is 22.4 Å². The number of hydrogen-bond donors (Lipinski definition) is 1.